The molecular formula is C16H15FNO. The van der Waals surface area contributed by atoms with Crippen molar-refractivity contribution in [2.45, 2.75) is 25.7 Å². The van der Waals surface area contributed by atoms with Gasteiger partial charge < -0.3 is 4.57 Å². The maximum absolute atomic E-state index is 13.0. The molecule has 1 aromatic heterocycles. The zero-order valence-corrected chi connectivity index (χ0v) is 10.9. The van der Waals surface area contributed by atoms with E-state index in [1.54, 1.807) is 23.7 Å². The summed E-state index contributed by atoms with van der Waals surface area (Å²) in [6, 6.07) is 7.40. The summed E-state index contributed by atoms with van der Waals surface area (Å²) in [7, 11) is 1.77. The molecule has 0 saturated carbocycles. The third-order valence-corrected chi connectivity index (χ3v) is 3.78. The largest absolute Gasteiger partial charge is 0.318 e. The highest BCUT2D eigenvalue weighted by Gasteiger charge is 2.18. The average molecular weight is 256 g/mol. The summed E-state index contributed by atoms with van der Waals surface area (Å²) in [6.45, 7) is 0. The van der Waals surface area contributed by atoms with E-state index in [1.165, 1.54) is 6.07 Å². The van der Waals surface area contributed by atoms with E-state index >= 15 is 0 Å². The lowest BCUT2D eigenvalue weighted by molar-refractivity contribution is 0.625. The molecule has 19 heavy (non-hydrogen) atoms. The van der Waals surface area contributed by atoms with Crippen LogP contribution < -0.4 is 5.56 Å². The molecule has 2 aromatic rings. The van der Waals surface area contributed by atoms with Gasteiger partial charge in [0.1, 0.15) is 5.82 Å². The molecule has 2 nitrogen and oxygen atoms in total. The van der Waals surface area contributed by atoms with Gasteiger partial charge in [-0.25, -0.2) is 4.39 Å². The standard InChI is InChI=1S/C16H15FNO/c1-18-10-15(11-6-8-12(17)9-7-11)13-4-2-3-5-14(13)16(18)19/h6-8,10H,2-5H2,1H3. The summed E-state index contributed by atoms with van der Waals surface area (Å²) < 4.78 is 14.6. The monoisotopic (exact) mass is 256 g/mol. The molecule has 0 atom stereocenters. The van der Waals surface area contributed by atoms with Crippen molar-refractivity contribution in [2.75, 3.05) is 0 Å². The minimum Gasteiger partial charge on any atom is -0.318 e. The predicted molar refractivity (Wildman–Crippen MR) is 72.6 cm³/mol. The molecule has 1 aromatic carbocycles. The highest BCUT2D eigenvalue weighted by Crippen LogP contribution is 2.29. The number of pyridine rings is 1. The zero-order valence-electron chi connectivity index (χ0n) is 10.9. The van der Waals surface area contributed by atoms with E-state index in [0.717, 1.165) is 47.9 Å². The molecular weight excluding hydrogens is 241 g/mol. The zero-order chi connectivity index (χ0) is 13.4. The number of rotatable bonds is 1. The van der Waals surface area contributed by atoms with Crippen molar-refractivity contribution in [1.29, 1.82) is 0 Å². The second-order valence-corrected chi connectivity index (χ2v) is 5.05. The topological polar surface area (TPSA) is 22.0 Å². The summed E-state index contributed by atoms with van der Waals surface area (Å²) in [4.78, 5) is 12.1. The number of benzene rings is 1. The van der Waals surface area contributed by atoms with Crippen molar-refractivity contribution in [3.8, 4) is 11.1 Å². The number of aryl methyl sites for hydroxylation is 1. The first-order chi connectivity index (χ1) is 9.16. The van der Waals surface area contributed by atoms with Gasteiger partial charge in [-0.2, -0.15) is 0 Å². The van der Waals surface area contributed by atoms with E-state index in [2.05, 4.69) is 6.07 Å². The SMILES string of the molecule is Cn1cc(-c2c[c]c(F)cc2)c2c(c1=O)CCCC2. The van der Waals surface area contributed by atoms with Crippen molar-refractivity contribution >= 4 is 0 Å². The van der Waals surface area contributed by atoms with E-state index in [0.29, 0.717) is 0 Å². The quantitative estimate of drug-likeness (QED) is 0.769. The van der Waals surface area contributed by atoms with E-state index in [4.69, 9.17) is 0 Å². The van der Waals surface area contributed by atoms with Crippen LogP contribution in [0.3, 0.4) is 0 Å². The van der Waals surface area contributed by atoms with E-state index < -0.39 is 0 Å². The Morgan fingerprint density at radius 2 is 1.95 bits per heavy atom. The van der Waals surface area contributed by atoms with Crippen LogP contribution in [0, 0.1) is 11.9 Å². The Kier molecular flexibility index (Phi) is 2.97. The Bertz CT molecular complexity index is 670. The Balaban J connectivity index is 2.23. The van der Waals surface area contributed by atoms with Gasteiger partial charge in [-0.1, -0.05) is 6.07 Å². The van der Waals surface area contributed by atoms with Crippen LogP contribution in [0.2, 0.25) is 0 Å². The highest BCUT2D eigenvalue weighted by atomic mass is 19.1. The van der Waals surface area contributed by atoms with Gasteiger partial charge >= 0.3 is 0 Å². The summed E-state index contributed by atoms with van der Waals surface area (Å²) in [5.74, 6) is -0.359. The number of hydrogen-bond donors (Lipinski definition) is 0. The van der Waals surface area contributed by atoms with E-state index in [1.807, 2.05) is 6.20 Å². The number of halogens is 1. The average Bonchev–Trinajstić information content (AvgIpc) is 2.44. The molecule has 0 spiro atoms. The molecule has 97 valence electrons. The van der Waals surface area contributed by atoms with Gasteiger partial charge in [0.2, 0.25) is 0 Å². The third-order valence-electron chi connectivity index (χ3n) is 3.78. The molecule has 1 aliphatic carbocycles. The lowest BCUT2D eigenvalue weighted by atomic mass is 9.87. The van der Waals surface area contributed by atoms with E-state index in [9.17, 15) is 9.18 Å². The molecule has 1 heterocycles. The first-order valence-electron chi connectivity index (χ1n) is 6.56. The van der Waals surface area contributed by atoms with Crippen molar-refractivity contribution in [3.05, 3.63) is 57.8 Å². The lowest BCUT2D eigenvalue weighted by Crippen LogP contribution is -2.25. The van der Waals surface area contributed by atoms with Crippen molar-refractivity contribution in [2.24, 2.45) is 7.05 Å². The van der Waals surface area contributed by atoms with Crippen LogP contribution in [-0.2, 0) is 19.9 Å². The Morgan fingerprint density at radius 1 is 1.21 bits per heavy atom. The minimum absolute atomic E-state index is 0.101. The number of fused-ring (bicyclic) bond motifs is 1. The van der Waals surface area contributed by atoms with Gasteiger partial charge in [-0.05, 0) is 48.9 Å². The molecule has 1 aliphatic rings. The summed E-state index contributed by atoms with van der Waals surface area (Å²) in [5, 5.41) is 0. The van der Waals surface area contributed by atoms with Crippen molar-refractivity contribution < 1.29 is 4.39 Å². The van der Waals surface area contributed by atoms with Gasteiger partial charge in [0.25, 0.3) is 5.56 Å². The van der Waals surface area contributed by atoms with E-state index in [-0.39, 0.29) is 11.4 Å². The smallest absolute Gasteiger partial charge is 0.253 e. The van der Waals surface area contributed by atoms with Crippen LogP contribution in [0.5, 0.6) is 0 Å². The summed E-state index contributed by atoms with van der Waals surface area (Å²) >= 11 is 0. The van der Waals surface area contributed by atoms with Crippen LogP contribution in [0.1, 0.15) is 24.0 Å². The Hall–Kier alpha value is -1.90. The number of hydrogen-bond acceptors (Lipinski definition) is 1. The van der Waals surface area contributed by atoms with Crippen molar-refractivity contribution in [1.82, 2.24) is 4.57 Å². The molecule has 3 rings (SSSR count). The number of aromatic nitrogens is 1. The van der Waals surface area contributed by atoms with Crippen LogP contribution in [0.15, 0.2) is 29.2 Å². The molecule has 1 radical (unpaired) electrons. The fourth-order valence-electron chi connectivity index (χ4n) is 2.80. The Labute approximate surface area is 111 Å². The van der Waals surface area contributed by atoms with Crippen molar-refractivity contribution in [3.63, 3.8) is 0 Å². The molecule has 3 heteroatoms. The first-order valence-corrected chi connectivity index (χ1v) is 6.56. The summed E-state index contributed by atoms with van der Waals surface area (Å²) in [6.07, 6.45) is 5.81. The van der Waals surface area contributed by atoms with Crippen LogP contribution in [0.25, 0.3) is 11.1 Å². The van der Waals surface area contributed by atoms with Gasteiger partial charge in [0.05, 0.1) is 0 Å². The minimum atomic E-state index is -0.359. The second kappa shape index (κ2) is 4.65. The second-order valence-electron chi connectivity index (χ2n) is 5.05. The van der Waals surface area contributed by atoms with Gasteiger partial charge in [0.15, 0.2) is 0 Å². The third kappa shape index (κ3) is 2.09. The molecule has 0 fully saturated rings. The first kappa shape index (κ1) is 12.2. The predicted octanol–water partition coefficient (Wildman–Crippen LogP) is 2.87. The lowest BCUT2D eigenvalue weighted by Gasteiger charge is -2.20. The Morgan fingerprint density at radius 3 is 2.63 bits per heavy atom. The van der Waals surface area contributed by atoms with Crippen LogP contribution >= 0.6 is 0 Å². The van der Waals surface area contributed by atoms with Crippen LogP contribution in [0.4, 0.5) is 4.39 Å². The molecule has 0 amide bonds. The molecule has 0 bridgehead atoms. The molecule has 0 unspecified atom stereocenters. The van der Waals surface area contributed by atoms with Gasteiger partial charge in [-0.3, -0.25) is 4.79 Å². The molecule has 0 N–H and O–H groups in total. The highest BCUT2D eigenvalue weighted by molar-refractivity contribution is 5.68. The van der Waals surface area contributed by atoms with Gasteiger partial charge in [-0.15, -0.1) is 0 Å². The molecule has 0 saturated heterocycles. The summed E-state index contributed by atoms with van der Waals surface area (Å²) in [5.41, 5.74) is 4.12. The number of nitrogens with zero attached hydrogens (tertiary/aromatic N) is 1. The maximum atomic E-state index is 13.0. The van der Waals surface area contributed by atoms with Gasteiger partial charge in [0, 0.05) is 30.4 Å². The maximum Gasteiger partial charge on any atom is 0.253 e. The fraction of sp³-hybridized carbons (Fsp3) is 0.312. The normalized spacial score (nSPS) is 14.2. The van der Waals surface area contributed by atoms with Crippen LogP contribution in [-0.4, -0.2) is 4.57 Å². The molecule has 0 aliphatic heterocycles. The fourth-order valence-corrected chi connectivity index (χ4v) is 2.80.